The van der Waals surface area contributed by atoms with Crippen molar-refractivity contribution in [3.8, 4) is 0 Å². The van der Waals surface area contributed by atoms with Crippen LogP contribution in [0.1, 0.15) is 42.5 Å². The van der Waals surface area contributed by atoms with Crippen molar-refractivity contribution in [2.75, 3.05) is 10.8 Å². The summed E-state index contributed by atoms with van der Waals surface area (Å²) >= 11 is 6.36. The van der Waals surface area contributed by atoms with E-state index >= 15 is 0 Å². The second-order valence-corrected chi connectivity index (χ2v) is 13.6. The number of nitrogens with one attached hydrogen (secondary N) is 1. The summed E-state index contributed by atoms with van der Waals surface area (Å²) < 4.78 is 29.6. The lowest BCUT2D eigenvalue weighted by Crippen LogP contribution is -2.54. The maximum atomic E-state index is 14.6. The molecule has 4 aromatic rings. The molecule has 1 N–H and O–H groups in total. The summed E-state index contributed by atoms with van der Waals surface area (Å²) in [4.78, 5) is 30.0. The first-order chi connectivity index (χ1) is 21.5. The molecule has 0 bridgehead atoms. The number of amides is 2. The van der Waals surface area contributed by atoms with Crippen LogP contribution in [0.3, 0.4) is 0 Å². The summed E-state index contributed by atoms with van der Waals surface area (Å²) in [5, 5.41) is 3.39. The molecule has 0 radical (unpaired) electrons. The van der Waals surface area contributed by atoms with E-state index in [1.807, 2.05) is 81.4 Å². The Hall–Kier alpha value is -4.14. The van der Waals surface area contributed by atoms with Crippen molar-refractivity contribution in [2.24, 2.45) is 0 Å². The first-order valence-electron chi connectivity index (χ1n) is 15.0. The van der Waals surface area contributed by atoms with Gasteiger partial charge in [0.25, 0.3) is 10.0 Å². The second-order valence-electron chi connectivity index (χ2n) is 11.3. The number of rotatable bonds is 13. The molecule has 4 rings (SSSR count). The third kappa shape index (κ3) is 8.74. The van der Waals surface area contributed by atoms with E-state index < -0.39 is 28.5 Å². The molecule has 4 aromatic carbocycles. The number of anilines is 1. The van der Waals surface area contributed by atoms with Crippen molar-refractivity contribution in [3.63, 3.8) is 0 Å². The standard InChI is InChI=1S/C36H40ClN3O4S/c1-5-28(4)38-36(42)34(22-29-12-8-6-9-13-29)39(24-30-14-10-7-11-15-30)35(41)25-40(33-23-31(37)19-18-27(33)3)45(43,44)32-20-16-26(2)17-21-32/h6-21,23,28,34H,5,22,24-25H2,1-4H3,(H,38,42)/t28-,34-/m1/s1. The predicted molar refractivity (Wildman–Crippen MR) is 181 cm³/mol. The van der Waals surface area contributed by atoms with Crippen LogP contribution in [0, 0.1) is 13.8 Å². The molecule has 0 spiro atoms. The van der Waals surface area contributed by atoms with E-state index in [1.54, 1.807) is 37.3 Å². The molecular weight excluding hydrogens is 606 g/mol. The number of carbonyl (C=O) groups is 2. The number of halogens is 1. The molecule has 0 aliphatic heterocycles. The second kappa shape index (κ2) is 15.2. The minimum Gasteiger partial charge on any atom is -0.352 e. The topological polar surface area (TPSA) is 86.8 Å². The molecule has 0 fully saturated rings. The van der Waals surface area contributed by atoms with Gasteiger partial charge in [0.15, 0.2) is 0 Å². The largest absolute Gasteiger partial charge is 0.352 e. The summed E-state index contributed by atoms with van der Waals surface area (Å²) in [5.74, 6) is -0.821. The van der Waals surface area contributed by atoms with Gasteiger partial charge in [-0.3, -0.25) is 13.9 Å². The van der Waals surface area contributed by atoms with E-state index in [1.165, 1.54) is 17.0 Å². The molecule has 0 aliphatic rings. The number of carbonyl (C=O) groups excluding carboxylic acids is 2. The number of aryl methyl sites for hydroxylation is 2. The average molecular weight is 646 g/mol. The SMILES string of the molecule is CC[C@@H](C)NC(=O)[C@@H](Cc1ccccc1)N(Cc1ccccc1)C(=O)CN(c1cc(Cl)ccc1C)S(=O)(=O)c1ccc(C)cc1. The summed E-state index contributed by atoms with van der Waals surface area (Å²) in [7, 11) is -4.21. The zero-order valence-electron chi connectivity index (χ0n) is 26.1. The van der Waals surface area contributed by atoms with Crippen molar-refractivity contribution in [1.82, 2.24) is 10.2 Å². The highest BCUT2D eigenvalue weighted by Gasteiger charge is 2.35. The molecule has 9 heteroatoms. The van der Waals surface area contributed by atoms with Crippen LogP contribution in [0.4, 0.5) is 5.69 Å². The van der Waals surface area contributed by atoms with Crippen LogP contribution in [0.25, 0.3) is 0 Å². The fourth-order valence-corrected chi connectivity index (χ4v) is 6.61. The lowest BCUT2D eigenvalue weighted by Gasteiger charge is -2.34. The third-order valence-corrected chi connectivity index (χ3v) is 9.80. The van der Waals surface area contributed by atoms with E-state index in [0.29, 0.717) is 22.7 Å². The number of benzene rings is 4. The van der Waals surface area contributed by atoms with Crippen LogP contribution in [0.2, 0.25) is 5.02 Å². The normalized spacial score (nSPS) is 12.6. The van der Waals surface area contributed by atoms with Gasteiger partial charge in [-0.25, -0.2) is 8.42 Å². The van der Waals surface area contributed by atoms with Crippen LogP contribution in [-0.2, 0) is 32.6 Å². The smallest absolute Gasteiger partial charge is 0.264 e. The Kier molecular flexibility index (Phi) is 11.4. The molecule has 45 heavy (non-hydrogen) atoms. The molecular formula is C36H40ClN3O4S. The van der Waals surface area contributed by atoms with Gasteiger partial charge >= 0.3 is 0 Å². The van der Waals surface area contributed by atoms with Crippen molar-refractivity contribution < 1.29 is 18.0 Å². The van der Waals surface area contributed by atoms with Crippen molar-refractivity contribution in [3.05, 3.63) is 130 Å². The van der Waals surface area contributed by atoms with Gasteiger partial charge in [0.05, 0.1) is 10.6 Å². The Bertz CT molecular complexity index is 1700. The Balaban J connectivity index is 1.82. The van der Waals surface area contributed by atoms with Gasteiger partial charge in [-0.1, -0.05) is 103 Å². The van der Waals surface area contributed by atoms with Crippen LogP contribution < -0.4 is 9.62 Å². The van der Waals surface area contributed by atoms with E-state index in [9.17, 15) is 18.0 Å². The van der Waals surface area contributed by atoms with Crippen LogP contribution in [0.5, 0.6) is 0 Å². The van der Waals surface area contributed by atoms with E-state index in [2.05, 4.69) is 5.32 Å². The summed E-state index contributed by atoms with van der Waals surface area (Å²) in [6.07, 6.45) is 0.968. The third-order valence-electron chi connectivity index (χ3n) is 7.80. The van der Waals surface area contributed by atoms with Gasteiger partial charge in [-0.15, -0.1) is 0 Å². The van der Waals surface area contributed by atoms with Crippen molar-refractivity contribution in [2.45, 2.75) is 64.1 Å². The van der Waals surface area contributed by atoms with Gasteiger partial charge in [0.2, 0.25) is 11.8 Å². The van der Waals surface area contributed by atoms with Gasteiger partial charge in [-0.2, -0.15) is 0 Å². The summed E-state index contributed by atoms with van der Waals surface area (Å²) in [5.41, 5.74) is 3.52. The van der Waals surface area contributed by atoms with Gasteiger partial charge in [-0.05, 0) is 68.1 Å². The molecule has 2 atom stereocenters. The zero-order chi connectivity index (χ0) is 32.6. The lowest BCUT2D eigenvalue weighted by molar-refractivity contribution is -0.140. The van der Waals surface area contributed by atoms with E-state index in [-0.39, 0.29) is 29.8 Å². The highest BCUT2D eigenvalue weighted by molar-refractivity contribution is 7.92. The molecule has 0 aromatic heterocycles. The molecule has 2 amide bonds. The van der Waals surface area contributed by atoms with Crippen LogP contribution >= 0.6 is 11.6 Å². The number of sulfonamides is 1. The quantitative estimate of drug-likeness (QED) is 0.175. The van der Waals surface area contributed by atoms with Crippen molar-refractivity contribution in [1.29, 1.82) is 0 Å². The monoisotopic (exact) mass is 645 g/mol. The molecule has 0 saturated carbocycles. The predicted octanol–water partition coefficient (Wildman–Crippen LogP) is 6.71. The molecule has 0 heterocycles. The Morgan fingerprint density at radius 3 is 2.04 bits per heavy atom. The fraction of sp³-hybridized carbons (Fsp3) is 0.278. The first-order valence-corrected chi connectivity index (χ1v) is 16.8. The van der Waals surface area contributed by atoms with Gasteiger partial charge < -0.3 is 10.2 Å². The zero-order valence-corrected chi connectivity index (χ0v) is 27.7. The van der Waals surface area contributed by atoms with Crippen molar-refractivity contribution >= 4 is 39.1 Å². The highest BCUT2D eigenvalue weighted by Crippen LogP contribution is 2.30. The highest BCUT2D eigenvalue weighted by atomic mass is 35.5. The molecule has 7 nitrogen and oxygen atoms in total. The van der Waals surface area contributed by atoms with Gasteiger partial charge in [0, 0.05) is 24.0 Å². The first kappa shape index (κ1) is 33.7. The minimum absolute atomic E-state index is 0.0465. The minimum atomic E-state index is -4.21. The number of hydrogen-bond acceptors (Lipinski definition) is 4. The molecule has 0 aliphatic carbocycles. The van der Waals surface area contributed by atoms with Crippen LogP contribution in [-0.4, -0.2) is 43.8 Å². The van der Waals surface area contributed by atoms with E-state index in [4.69, 9.17) is 11.6 Å². The van der Waals surface area contributed by atoms with Gasteiger partial charge in [0.1, 0.15) is 12.6 Å². The summed E-state index contributed by atoms with van der Waals surface area (Å²) in [6, 6.07) is 29.3. The fourth-order valence-electron chi connectivity index (χ4n) is 4.98. The molecule has 0 saturated heterocycles. The number of nitrogens with zero attached hydrogens (tertiary/aromatic N) is 2. The molecule has 236 valence electrons. The van der Waals surface area contributed by atoms with Crippen LogP contribution in [0.15, 0.2) is 108 Å². The maximum absolute atomic E-state index is 14.6. The van der Waals surface area contributed by atoms with E-state index in [0.717, 1.165) is 21.0 Å². The Labute approximate surface area is 271 Å². The lowest BCUT2D eigenvalue weighted by atomic mass is 10.0. The summed E-state index contributed by atoms with van der Waals surface area (Å²) in [6.45, 7) is 7.11. The average Bonchev–Trinajstić information content (AvgIpc) is 3.03. The Morgan fingerprint density at radius 2 is 1.44 bits per heavy atom. The maximum Gasteiger partial charge on any atom is 0.264 e. The number of hydrogen-bond donors (Lipinski definition) is 1. The Morgan fingerprint density at radius 1 is 0.844 bits per heavy atom. The molecule has 0 unspecified atom stereocenters.